The molecule has 0 N–H and O–H groups in total. The molecule has 0 saturated heterocycles. The van der Waals surface area contributed by atoms with E-state index in [1.807, 2.05) is 0 Å². The van der Waals surface area contributed by atoms with E-state index in [0.717, 1.165) is 25.7 Å². The second-order valence-corrected chi connectivity index (χ2v) is 4.42. The Labute approximate surface area is 101 Å². The lowest BCUT2D eigenvalue weighted by molar-refractivity contribution is 0.00502. The summed E-state index contributed by atoms with van der Waals surface area (Å²) in [5.74, 6) is 0.496. The number of aromatic nitrogens is 2. The van der Waals surface area contributed by atoms with Crippen molar-refractivity contribution >= 4 is 5.78 Å². The van der Waals surface area contributed by atoms with Gasteiger partial charge in [0.15, 0.2) is 5.75 Å². The van der Waals surface area contributed by atoms with E-state index in [9.17, 15) is 4.79 Å². The Hall–Kier alpha value is -1.36. The van der Waals surface area contributed by atoms with Crippen LogP contribution in [0.2, 0.25) is 0 Å². The first-order valence-electron chi connectivity index (χ1n) is 5.80. The summed E-state index contributed by atoms with van der Waals surface area (Å²) in [6.45, 7) is 0. The molecule has 1 aliphatic rings. The fourth-order valence-corrected chi connectivity index (χ4v) is 2.51. The summed E-state index contributed by atoms with van der Waals surface area (Å²) in [5.41, 5.74) is -0.183. The van der Waals surface area contributed by atoms with Crippen molar-refractivity contribution in [2.24, 2.45) is 7.05 Å². The molecule has 0 aromatic carbocycles. The van der Waals surface area contributed by atoms with Gasteiger partial charge in [0, 0.05) is 14.2 Å². The van der Waals surface area contributed by atoms with Crippen LogP contribution in [0.5, 0.6) is 5.75 Å². The molecule has 2 rings (SSSR count). The SMILES string of the molecule is COc1cnn(C)c1C(=O)C1(OC)CCCC1. The maximum atomic E-state index is 12.6. The highest BCUT2D eigenvalue weighted by molar-refractivity contribution is 6.03. The monoisotopic (exact) mass is 238 g/mol. The van der Waals surface area contributed by atoms with Gasteiger partial charge < -0.3 is 9.47 Å². The molecule has 0 unspecified atom stereocenters. The van der Waals surface area contributed by atoms with E-state index >= 15 is 0 Å². The van der Waals surface area contributed by atoms with E-state index < -0.39 is 5.60 Å². The molecule has 1 fully saturated rings. The molecular weight excluding hydrogens is 220 g/mol. The van der Waals surface area contributed by atoms with Gasteiger partial charge in [0.1, 0.15) is 11.3 Å². The topological polar surface area (TPSA) is 53.4 Å². The summed E-state index contributed by atoms with van der Waals surface area (Å²) in [7, 11) is 4.89. The van der Waals surface area contributed by atoms with E-state index in [1.54, 1.807) is 32.1 Å². The van der Waals surface area contributed by atoms with E-state index in [-0.39, 0.29) is 5.78 Å². The van der Waals surface area contributed by atoms with Crippen molar-refractivity contribution in [2.75, 3.05) is 14.2 Å². The lowest BCUT2D eigenvalue weighted by Crippen LogP contribution is -2.39. The predicted octanol–water partition coefficient (Wildman–Crippen LogP) is 1.57. The normalized spacial score (nSPS) is 18.3. The van der Waals surface area contributed by atoms with Crippen molar-refractivity contribution in [1.82, 2.24) is 9.78 Å². The molecule has 1 aliphatic carbocycles. The van der Waals surface area contributed by atoms with E-state index in [2.05, 4.69) is 5.10 Å². The van der Waals surface area contributed by atoms with Crippen molar-refractivity contribution in [3.63, 3.8) is 0 Å². The molecule has 0 spiro atoms. The molecule has 17 heavy (non-hydrogen) atoms. The first-order chi connectivity index (χ1) is 8.14. The number of ether oxygens (including phenoxy) is 2. The zero-order valence-electron chi connectivity index (χ0n) is 10.5. The molecule has 1 aromatic heterocycles. The second-order valence-electron chi connectivity index (χ2n) is 4.42. The lowest BCUT2D eigenvalue weighted by atomic mass is 9.93. The standard InChI is InChI=1S/C12H18N2O3/c1-14-10(9(16-2)8-13-14)11(15)12(17-3)6-4-5-7-12/h8H,4-7H2,1-3H3. The van der Waals surface area contributed by atoms with Crippen LogP contribution in [0.4, 0.5) is 0 Å². The number of carbonyl (C=O) groups excluding carboxylic acids is 1. The van der Waals surface area contributed by atoms with Crippen molar-refractivity contribution in [2.45, 2.75) is 31.3 Å². The van der Waals surface area contributed by atoms with Crippen molar-refractivity contribution in [3.05, 3.63) is 11.9 Å². The molecule has 1 aromatic rings. The van der Waals surface area contributed by atoms with Crippen LogP contribution in [0.25, 0.3) is 0 Å². The summed E-state index contributed by atoms with van der Waals surface area (Å²) in [5, 5.41) is 4.06. The van der Waals surface area contributed by atoms with Gasteiger partial charge in [0.05, 0.1) is 13.3 Å². The lowest BCUT2D eigenvalue weighted by Gasteiger charge is -2.25. The van der Waals surface area contributed by atoms with Crippen LogP contribution in [-0.4, -0.2) is 35.4 Å². The number of hydrogen-bond acceptors (Lipinski definition) is 4. The average Bonchev–Trinajstić information content (AvgIpc) is 2.95. The summed E-state index contributed by atoms with van der Waals surface area (Å²) >= 11 is 0. The van der Waals surface area contributed by atoms with Crippen LogP contribution >= 0.6 is 0 Å². The number of aryl methyl sites for hydroxylation is 1. The molecule has 0 aliphatic heterocycles. The van der Waals surface area contributed by atoms with Gasteiger partial charge >= 0.3 is 0 Å². The fraction of sp³-hybridized carbons (Fsp3) is 0.667. The molecule has 0 radical (unpaired) electrons. The van der Waals surface area contributed by atoms with Gasteiger partial charge in [0.25, 0.3) is 0 Å². The number of ketones is 1. The Morgan fingerprint density at radius 2 is 2.06 bits per heavy atom. The number of methoxy groups -OCH3 is 2. The first kappa shape index (κ1) is 12.1. The highest BCUT2D eigenvalue weighted by Crippen LogP contribution is 2.37. The van der Waals surface area contributed by atoms with Crippen molar-refractivity contribution in [3.8, 4) is 5.75 Å². The number of hydrogen-bond donors (Lipinski definition) is 0. The third kappa shape index (κ3) is 1.84. The Balaban J connectivity index is 2.38. The van der Waals surface area contributed by atoms with Crippen LogP contribution in [0.15, 0.2) is 6.20 Å². The van der Waals surface area contributed by atoms with Crippen LogP contribution in [-0.2, 0) is 11.8 Å². The summed E-state index contributed by atoms with van der Waals surface area (Å²) in [6, 6.07) is 0. The van der Waals surface area contributed by atoms with Gasteiger partial charge in [-0.1, -0.05) is 0 Å². The van der Waals surface area contributed by atoms with E-state index in [4.69, 9.17) is 9.47 Å². The summed E-state index contributed by atoms with van der Waals surface area (Å²) in [6.07, 6.45) is 5.17. The quantitative estimate of drug-likeness (QED) is 0.747. The Bertz CT molecular complexity index is 419. The number of carbonyl (C=O) groups is 1. The third-order valence-electron chi connectivity index (χ3n) is 3.56. The zero-order valence-corrected chi connectivity index (χ0v) is 10.5. The van der Waals surface area contributed by atoms with Gasteiger partial charge in [-0.05, 0) is 25.7 Å². The van der Waals surface area contributed by atoms with Crippen LogP contribution < -0.4 is 4.74 Å². The maximum absolute atomic E-state index is 12.6. The molecular formula is C12H18N2O3. The van der Waals surface area contributed by atoms with E-state index in [1.165, 1.54) is 0 Å². The molecule has 1 saturated carbocycles. The molecule has 1 heterocycles. The van der Waals surface area contributed by atoms with Gasteiger partial charge in [-0.25, -0.2) is 0 Å². The van der Waals surface area contributed by atoms with Gasteiger partial charge in [-0.2, -0.15) is 5.10 Å². The summed E-state index contributed by atoms with van der Waals surface area (Å²) in [4.78, 5) is 12.6. The first-order valence-corrected chi connectivity index (χ1v) is 5.80. The Kier molecular flexibility index (Phi) is 3.19. The van der Waals surface area contributed by atoms with Crippen molar-refractivity contribution in [1.29, 1.82) is 0 Å². The molecule has 94 valence electrons. The number of Topliss-reactive ketones (excluding diaryl/α,β-unsaturated/α-hetero) is 1. The van der Waals surface area contributed by atoms with Crippen LogP contribution in [0.1, 0.15) is 36.2 Å². The van der Waals surface area contributed by atoms with Crippen LogP contribution in [0.3, 0.4) is 0 Å². The van der Waals surface area contributed by atoms with Gasteiger partial charge in [-0.3, -0.25) is 9.48 Å². The largest absolute Gasteiger partial charge is 0.493 e. The highest BCUT2D eigenvalue weighted by Gasteiger charge is 2.44. The minimum atomic E-state index is -0.679. The molecule has 0 bridgehead atoms. The highest BCUT2D eigenvalue weighted by atomic mass is 16.5. The minimum Gasteiger partial charge on any atom is -0.493 e. The Morgan fingerprint density at radius 3 is 2.59 bits per heavy atom. The molecule has 0 amide bonds. The van der Waals surface area contributed by atoms with E-state index in [0.29, 0.717) is 11.4 Å². The smallest absolute Gasteiger partial charge is 0.216 e. The van der Waals surface area contributed by atoms with Gasteiger partial charge in [-0.15, -0.1) is 0 Å². The zero-order chi connectivity index (χ0) is 12.5. The predicted molar refractivity (Wildman–Crippen MR) is 62.3 cm³/mol. The van der Waals surface area contributed by atoms with Crippen LogP contribution in [0, 0.1) is 0 Å². The number of rotatable bonds is 4. The Morgan fingerprint density at radius 1 is 1.41 bits per heavy atom. The summed E-state index contributed by atoms with van der Waals surface area (Å²) < 4.78 is 12.2. The minimum absolute atomic E-state index is 0.0191. The van der Waals surface area contributed by atoms with Gasteiger partial charge in [0.2, 0.25) is 5.78 Å². The third-order valence-corrected chi connectivity index (χ3v) is 3.56. The molecule has 5 heteroatoms. The molecule has 0 atom stereocenters. The molecule has 5 nitrogen and oxygen atoms in total. The maximum Gasteiger partial charge on any atom is 0.216 e. The average molecular weight is 238 g/mol. The number of nitrogens with zero attached hydrogens (tertiary/aromatic N) is 2. The fourth-order valence-electron chi connectivity index (χ4n) is 2.51. The second kappa shape index (κ2) is 4.49. The van der Waals surface area contributed by atoms with Crippen molar-refractivity contribution < 1.29 is 14.3 Å².